The summed E-state index contributed by atoms with van der Waals surface area (Å²) in [6.45, 7) is 1.46. The number of phenolic OH excluding ortho intramolecular Hbond substituents is 1. The fourth-order valence-corrected chi connectivity index (χ4v) is 4.95. The number of amides is 4. The Bertz CT molecular complexity index is 1300. The van der Waals surface area contributed by atoms with Crippen LogP contribution in [-0.4, -0.2) is 116 Å². The van der Waals surface area contributed by atoms with Crippen molar-refractivity contribution in [3.8, 4) is 5.75 Å². The van der Waals surface area contributed by atoms with E-state index in [2.05, 4.69) is 20.9 Å². The minimum absolute atomic E-state index is 0.0340. The number of carboxylic acid groups (broad SMARTS) is 2. The summed E-state index contributed by atoms with van der Waals surface area (Å²) in [5.41, 5.74) is 17.1. The Labute approximate surface area is 270 Å². The van der Waals surface area contributed by atoms with Gasteiger partial charge in [-0.25, -0.2) is 4.79 Å². The Hall–Kier alpha value is -4.97. The van der Waals surface area contributed by atoms with E-state index in [0.717, 1.165) is 4.90 Å². The van der Waals surface area contributed by atoms with Crippen LogP contribution >= 0.6 is 0 Å². The number of nitrogens with zero attached hydrogens (tertiary/aromatic N) is 2. The van der Waals surface area contributed by atoms with Crippen molar-refractivity contribution in [3.05, 3.63) is 29.8 Å². The Morgan fingerprint density at radius 1 is 0.979 bits per heavy atom. The van der Waals surface area contributed by atoms with Crippen molar-refractivity contribution >= 4 is 41.5 Å². The van der Waals surface area contributed by atoms with Crippen molar-refractivity contribution in [3.63, 3.8) is 0 Å². The lowest BCUT2D eigenvalue weighted by molar-refractivity contribution is -0.147. The Morgan fingerprint density at radius 2 is 1.62 bits per heavy atom. The number of nitrogens with one attached hydrogen (secondary N) is 3. The molecular weight excluding hydrogens is 620 g/mol. The summed E-state index contributed by atoms with van der Waals surface area (Å²) in [7, 11) is 0. The molecule has 0 aromatic heterocycles. The molecule has 1 aromatic carbocycles. The van der Waals surface area contributed by atoms with Crippen LogP contribution in [0.1, 0.15) is 51.0 Å². The molecule has 0 bridgehead atoms. The summed E-state index contributed by atoms with van der Waals surface area (Å²) in [6, 6.07) is -0.755. The highest BCUT2D eigenvalue weighted by molar-refractivity contribution is 5.96. The second-order valence-electron chi connectivity index (χ2n) is 11.2. The number of guanidine groups is 1. The van der Waals surface area contributed by atoms with Crippen LogP contribution in [0.5, 0.6) is 5.75 Å². The van der Waals surface area contributed by atoms with Crippen LogP contribution in [0, 0.1) is 0 Å². The van der Waals surface area contributed by atoms with Crippen LogP contribution in [0.2, 0.25) is 0 Å². The second-order valence-corrected chi connectivity index (χ2v) is 11.2. The van der Waals surface area contributed by atoms with Gasteiger partial charge in [-0.3, -0.25) is 29.0 Å². The van der Waals surface area contributed by atoms with E-state index in [4.69, 9.17) is 17.2 Å². The molecule has 1 aromatic rings. The van der Waals surface area contributed by atoms with Crippen molar-refractivity contribution in [1.82, 2.24) is 20.9 Å². The van der Waals surface area contributed by atoms with Gasteiger partial charge in [0.05, 0.1) is 12.1 Å². The van der Waals surface area contributed by atoms with Crippen molar-refractivity contribution in [2.24, 2.45) is 22.2 Å². The first-order valence-electron chi connectivity index (χ1n) is 15.0. The molecule has 0 saturated carbocycles. The van der Waals surface area contributed by atoms with Gasteiger partial charge in [0.1, 0.15) is 23.9 Å². The number of carbonyl (C=O) groups is 6. The number of carbonyl (C=O) groups excluding carboxylic acids is 4. The highest BCUT2D eigenvalue weighted by atomic mass is 16.4. The number of phenols is 1. The fourth-order valence-electron chi connectivity index (χ4n) is 4.95. The van der Waals surface area contributed by atoms with E-state index < -0.39 is 78.3 Å². The second kappa shape index (κ2) is 18.2. The zero-order chi connectivity index (χ0) is 35.3. The highest BCUT2D eigenvalue weighted by Gasteiger charge is 2.40. The molecule has 1 aliphatic rings. The maximum Gasteiger partial charge on any atom is 0.328 e. The number of benzene rings is 1. The van der Waals surface area contributed by atoms with Crippen molar-refractivity contribution < 1.29 is 49.2 Å². The molecule has 18 nitrogen and oxygen atoms in total. The largest absolute Gasteiger partial charge is 0.508 e. The van der Waals surface area contributed by atoms with Gasteiger partial charge in [-0.15, -0.1) is 0 Å². The van der Waals surface area contributed by atoms with Gasteiger partial charge in [0.2, 0.25) is 23.6 Å². The van der Waals surface area contributed by atoms with Crippen LogP contribution in [-0.2, 0) is 35.2 Å². The summed E-state index contributed by atoms with van der Waals surface area (Å²) in [4.78, 5) is 81.2. The molecule has 260 valence electrons. The third kappa shape index (κ3) is 12.4. The van der Waals surface area contributed by atoms with E-state index in [0.29, 0.717) is 18.4 Å². The zero-order valence-electron chi connectivity index (χ0n) is 26.0. The third-order valence-corrected chi connectivity index (χ3v) is 7.46. The van der Waals surface area contributed by atoms with Gasteiger partial charge < -0.3 is 58.5 Å². The van der Waals surface area contributed by atoms with Gasteiger partial charge in [-0.05, 0) is 56.7 Å². The Balaban J connectivity index is 2.28. The molecule has 18 heteroatoms. The zero-order valence-corrected chi connectivity index (χ0v) is 26.0. The summed E-state index contributed by atoms with van der Waals surface area (Å²) in [5.74, 6) is -6.04. The molecule has 0 radical (unpaired) electrons. The quantitative estimate of drug-likeness (QED) is 0.0428. The first kappa shape index (κ1) is 38.2. The molecule has 4 amide bonds. The minimum atomic E-state index is -1.63. The number of nitrogens with two attached hydrogens (primary N) is 3. The lowest BCUT2D eigenvalue weighted by Crippen LogP contribution is -2.59. The number of aliphatic hydroxyl groups is 1. The minimum Gasteiger partial charge on any atom is -0.508 e. The molecule has 0 spiro atoms. The predicted molar refractivity (Wildman–Crippen MR) is 166 cm³/mol. The van der Waals surface area contributed by atoms with E-state index >= 15 is 0 Å². The van der Waals surface area contributed by atoms with E-state index in [-0.39, 0.29) is 50.5 Å². The summed E-state index contributed by atoms with van der Waals surface area (Å²) in [5, 5.41) is 45.4. The van der Waals surface area contributed by atoms with E-state index in [1.165, 1.54) is 31.2 Å². The molecule has 0 aliphatic carbocycles. The lowest BCUT2D eigenvalue weighted by Gasteiger charge is -2.30. The Kier molecular flexibility index (Phi) is 14.8. The number of aromatic hydroxyl groups is 1. The number of aliphatic imine (C=N–C) groups is 1. The highest BCUT2D eigenvalue weighted by Crippen LogP contribution is 2.21. The summed E-state index contributed by atoms with van der Waals surface area (Å²) in [6.07, 6.45) is -1.37. The molecule has 0 unspecified atom stereocenters. The monoisotopic (exact) mass is 664 g/mol. The normalized spacial score (nSPS) is 17.3. The van der Waals surface area contributed by atoms with E-state index in [1.54, 1.807) is 0 Å². The summed E-state index contributed by atoms with van der Waals surface area (Å²) >= 11 is 0. The molecule has 1 saturated heterocycles. The number of rotatable bonds is 18. The van der Waals surface area contributed by atoms with Crippen LogP contribution in [0.25, 0.3) is 0 Å². The third-order valence-electron chi connectivity index (χ3n) is 7.46. The number of carboxylic acids is 2. The van der Waals surface area contributed by atoms with Gasteiger partial charge in [0, 0.05) is 25.9 Å². The smallest absolute Gasteiger partial charge is 0.328 e. The van der Waals surface area contributed by atoms with Crippen molar-refractivity contribution in [2.45, 2.75) is 88.2 Å². The first-order valence-corrected chi connectivity index (χ1v) is 15.0. The molecule has 2 rings (SSSR count). The number of aliphatic carboxylic acids is 2. The van der Waals surface area contributed by atoms with Crippen LogP contribution in [0.3, 0.4) is 0 Å². The van der Waals surface area contributed by atoms with Crippen molar-refractivity contribution in [2.75, 3.05) is 13.1 Å². The van der Waals surface area contributed by atoms with Gasteiger partial charge in [-0.1, -0.05) is 12.1 Å². The molecule has 1 heterocycles. The number of likely N-dealkylation sites (tertiary alicyclic amines) is 1. The standard InChI is InChI=1S/C29H44N8O10/c1-15(38)23(28(46)47)36-26(44)21-5-3-13-37(21)27(45)19(10-11-22(40)41)34-25(43)20(14-16-6-8-17(39)9-7-16)35-24(42)18(30)4-2-12-33-29(31)32/h6-9,15,18-21,23,38-39H,2-5,10-14,30H2,1H3,(H,34,43)(H,35,42)(H,36,44)(H,40,41)(H,46,47)(H4,31,32,33)/t15-,18+,19+,20+,21+,23+/m1/s1. The molecule has 13 N–H and O–H groups in total. The van der Waals surface area contributed by atoms with E-state index in [1.807, 2.05) is 0 Å². The van der Waals surface area contributed by atoms with Gasteiger partial charge >= 0.3 is 11.9 Å². The number of hydrogen-bond donors (Lipinski definition) is 10. The van der Waals surface area contributed by atoms with Crippen LogP contribution in [0.15, 0.2) is 29.3 Å². The maximum atomic E-state index is 13.7. The molecule has 1 aliphatic heterocycles. The Morgan fingerprint density at radius 3 is 2.19 bits per heavy atom. The first-order chi connectivity index (χ1) is 22.1. The topological polar surface area (TPSA) is 313 Å². The maximum absolute atomic E-state index is 13.7. The van der Waals surface area contributed by atoms with Crippen LogP contribution in [0.4, 0.5) is 0 Å². The average molecular weight is 665 g/mol. The molecular formula is C29H44N8O10. The molecule has 1 fully saturated rings. The molecule has 6 atom stereocenters. The molecule has 47 heavy (non-hydrogen) atoms. The fraction of sp³-hybridized carbons (Fsp3) is 0.552. The van der Waals surface area contributed by atoms with Gasteiger partial charge in [0.15, 0.2) is 12.0 Å². The number of hydrogen-bond acceptors (Lipinski definition) is 10. The van der Waals surface area contributed by atoms with Gasteiger partial charge in [0.25, 0.3) is 0 Å². The lowest BCUT2D eigenvalue weighted by atomic mass is 10.0. The average Bonchev–Trinajstić information content (AvgIpc) is 3.50. The van der Waals surface area contributed by atoms with Crippen LogP contribution < -0.4 is 33.2 Å². The number of aliphatic hydroxyl groups excluding tert-OH is 1. The van der Waals surface area contributed by atoms with Gasteiger partial charge in [-0.2, -0.15) is 0 Å². The predicted octanol–water partition coefficient (Wildman–Crippen LogP) is -2.91. The SMILES string of the molecule is C[C@@H](O)[C@H](NC(=O)[C@@H]1CCCN1C(=O)[C@H](CCC(=O)O)NC(=O)[C@H](Cc1ccc(O)cc1)NC(=O)[C@@H](N)CCCN=C(N)N)C(=O)O. The van der Waals surface area contributed by atoms with E-state index in [9.17, 15) is 49.2 Å². The summed E-state index contributed by atoms with van der Waals surface area (Å²) < 4.78 is 0. The van der Waals surface area contributed by atoms with Crippen molar-refractivity contribution in [1.29, 1.82) is 0 Å².